The first-order valence-electron chi connectivity index (χ1n) is 8.29. The Morgan fingerprint density at radius 1 is 1.24 bits per heavy atom. The number of hydrogen-bond acceptors (Lipinski definition) is 4. The second-order valence-corrected chi connectivity index (χ2v) is 5.67. The topological polar surface area (TPSA) is 76.5 Å². The van der Waals surface area contributed by atoms with Gasteiger partial charge in [-0.25, -0.2) is 0 Å². The lowest BCUT2D eigenvalue weighted by Crippen LogP contribution is -2.30. The number of carbonyl (C=O) groups excluding carboxylic acids is 2. The number of nitrogens with zero attached hydrogens (tertiary/aromatic N) is 3. The summed E-state index contributed by atoms with van der Waals surface area (Å²) in [6.45, 7) is 5.05. The van der Waals surface area contributed by atoms with Crippen LogP contribution >= 0.6 is 0 Å². The number of anilines is 1. The molecule has 0 aliphatic rings. The van der Waals surface area contributed by atoms with Gasteiger partial charge in [0.25, 0.3) is 5.91 Å². The molecule has 1 aromatic heterocycles. The van der Waals surface area contributed by atoms with Crippen molar-refractivity contribution in [3.63, 3.8) is 0 Å². The summed E-state index contributed by atoms with van der Waals surface area (Å²) in [6.07, 6.45) is 4.11. The van der Waals surface area contributed by atoms with Crippen LogP contribution in [0.15, 0.2) is 36.7 Å². The number of aromatic nitrogens is 2. The summed E-state index contributed by atoms with van der Waals surface area (Å²) in [5.41, 5.74) is 1.68. The molecule has 1 heterocycles. The first-order chi connectivity index (χ1) is 12.0. The molecular formula is C18H24N4O3. The van der Waals surface area contributed by atoms with Crippen molar-refractivity contribution in [3.05, 3.63) is 42.2 Å². The van der Waals surface area contributed by atoms with E-state index in [1.807, 2.05) is 17.8 Å². The number of aryl methyl sites for hydroxylation is 1. The molecule has 25 heavy (non-hydrogen) atoms. The van der Waals surface area contributed by atoms with Gasteiger partial charge in [-0.05, 0) is 31.2 Å². The SMILES string of the molecule is CCC(=O)Nc1ccc(OCC(=O)N(C)Cc2cnn(CC)c2)cc1. The average molecular weight is 344 g/mol. The van der Waals surface area contributed by atoms with Gasteiger partial charge in [0.15, 0.2) is 6.61 Å². The summed E-state index contributed by atoms with van der Waals surface area (Å²) in [4.78, 5) is 25.1. The summed E-state index contributed by atoms with van der Waals surface area (Å²) in [5, 5.41) is 6.95. The van der Waals surface area contributed by atoms with Crippen LogP contribution in [-0.4, -0.2) is 40.1 Å². The van der Waals surface area contributed by atoms with Gasteiger partial charge in [0.05, 0.1) is 6.20 Å². The van der Waals surface area contributed by atoms with Gasteiger partial charge >= 0.3 is 0 Å². The number of nitrogens with one attached hydrogen (secondary N) is 1. The molecule has 0 radical (unpaired) electrons. The van der Waals surface area contributed by atoms with Crippen LogP contribution in [0.3, 0.4) is 0 Å². The van der Waals surface area contributed by atoms with Crippen LogP contribution in [0.1, 0.15) is 25.8 Å². The van der Waals surface area contributed by atoms with E-state index in [-0.39, 0.29) is 18.4 Å². The number of benzene rings is 1. The number of rotatable bonds is 8. The fourth-order valence-corrected chi connectivity index (χ4v) is 2.16. The lowest BCUT2D eigenvalue weighted by atomic mass is 10.3. The predicted molar refractivity (Wildman–Crippen MR) is 95.2 cm³/mol. The highest BCUT2D eigenvalue weighted by Crippen LogP contribution is 2.16. The maximum absolute atomic E-state index is 12.2. The molecule has 0 unspecified atom stereocenters. The van der Waals surface area contributed by atoms with Crippen LogP contribution in [0.2, 0.25) is 0 Å². The highest BCUT2D eigenvalue weighted by atomic mass is 16.5. The Labute approximate surface area is 147 Å². The van der Waals surface area contributed by atoms with E-state index in [1.165, 1.54) is 0 Å². The van der Waals surface area contributed by atoms with Gasteiger partial charge in [-0.15, -0.1) is 0 Å². The van der Waals surface area contributed by atoms with Gasteiger partial charge in [0.2, 0.25) is 5.91 Å². The van der Waals surface area contributed by atoms with Crippen LogP contribution in [-0.2, 0) is 22.7 Å². The van der Waals surface area contributed by atoms with E-state index in [1.54, 1.807) is 49.3 Å². The van der Waals surface area contributed by atoms with E-state index < -0.39 is 0 Å². The molecular weight excluding hydrogens is 320 g/mol. The molecule has 1 aromatic carbocycles. The minimum absolute atomic E-state index is 0.0426. The normalized spacial score (nSPS) is 10.4. The van der Waals surface area contributed by atoms with Gasteiger partial charge in [0.1, 0.15) is 5.75 Å². The lowest BCUT2D eigenvalue weighted by molar-refractivity contribution is -0.132. The third kappa shape index (κ3) is 5.63. The number of amides is 2. The van der Waals surface area contributed by atoms with Crippen molar-refractivity contribution in [1.82, 2.24) is 14.7 Å². The molecule has 0 bridgehead atoms. The quantitative estimate of drug-likeness (QED) is 0.797. The van der Waals surface area contributed by atoms with E-state index in [9.17, 15) is 9.59 Å². The zero-order valence-corrected chi connectivity index (χ0v) is 14.9. The number of hydrogen-bond donors (Lipinski definition) is 1. The highest BCUT2D eigenvalue weighted by molar-refractivity contribution is 5.90. The van der Waals surface area contributed by atoms with Crippen LogP contribution in [0.5, 0.6) is 5.75 Å². The fraction of sp³-hybridized carbons (Fsp3) is 0.389. The summed E-state index contributed by atoms with van der Waals surface area (Å²) >= 11 is 0. The molecule has 0 spiro atoms. The Balaban J connectivity index is 1.81. The molecule has 2 rings (SSSR count). The summed E-state index contributed by atoms with van der Waals surface area (Å²) in [7, 11) is 1.73. The third-order valence-electron chi connectivity index (χ3n) is 3.68. The monoisotopic (exact) mass is 344 g/mol. The standard InChI is InChI=1S/C18H24N4O3/c1-4-17(23)20-15-6-8-16(9-7-15)25-13-18(24)21(3)11-14-10-19-22(5-2)12-14/h6-10,12H,4-5,11,13H2,1-3H3,(H,20,23). The minimum Gasteiger partial charge on any atom is -0.484 e. The molecule has 2 aromatic rings. The molecule has 134 valence electrons. The van der Waals surface area contributed by atoms with Crippen molar-refractivity contribution in [1.29, 1.82) is 0 Å². The predicted octanol–water partition coefficient (Wildman–Crippen LogP) is 2.29. The smallest absolute Gasteiger partial charge is 0.260 e. The molecule has 2 amide bonds. The van der Waals surface area contributed by atoms with Crippen molar-refractivity contribution < 1.29 is 14.3 Å². The molecule has 0 aliphatic carbocycles. The zero-order chi connectivity index (χ0) is 18.2. The Bertz CT molecular complexity index is 709. The van der Waals surface area contributed by atoms with E-state index in [0.717, 1.165) is 12.1 Å². The Morgan fingerprint density at radius 3 is 2.56 bits per heavy atom. The molecule has 0 saturated heterocycles. The number of carbonyl (C=O) groups is 2. The maximum atomic E-state index is 12.2. The summed E-state index contributed by atoms with van der Waals surface area (Å²) < 4.78 is 7.34. The van der Waals surface area contributed by atoms with Crippen molar-refractivity contribution in [2.75, 3.05) is 19.0 Å². The lowest BCUT2D eigenvalue weighted by Gasteiger charge is -2.16. The largest absolute Gasteiger partial charge is 0.484 e. The van der Waals surface area contributed by atoms with Crippen molar-refractivity contribution in [3.8, 4) is 5.75 Å². The third-order valence-corrected chi connectivity index (χ3v) is 3.68. The Kier molecular flexibility index (Phi) is 6.56. The fourth-order valence-electron chi connectivity index (χ4n) is 2.16. The van der Waals surface area contributed by atoms with Crippen LogP contribution < -0.4 is 10.1 Å². The first-order valence-corrected chi connectivity index (χ1v) is 8.29. The second-order valence-electron chi connectivity index (χ2n) is 5.67. The molecule has 0 fully saturated rings. The number of ether oxygens (including phenoxy) is 1. The molecule has 7 nitrogen and oxygen atoms in total. The van der Waals surface area contributed by atoms with Crippen molar-refractivity contribution in [2.24, 2.45) is 0 Å². The Hall–Kier alpha value is -2.83. The molecule has 7 heteroatoms. The van der Waals surface area contributed by atoms with Crippen LogP contribution in [0.25, 0.3) is 0 Å². The Morgan fingerprint density at radius 2 is 1.96 bits per heavy atom. The number of likely N-dealkylation sites (N-methyl/N-ethyl adjacent to an activating group) is 1. The van der Waals surface area contributed by atoms with Crippen molar-refractivity contribution in [2.45, 2.75) is 33.4 Å². The van der Waals surface area contributed by atoms with E-state index in [0.29, 0.717) is 24.4 Å². The molecule has 0 saturated carbocycles. The maximum Gasteiger partial charge on any atom is 0.260 e. The van der Waals surface area contributed by atoms with Crippen LogP contribution in [0, 0.1) is 0 Å². The van der Waals surface area contributed by atoms with Crippen molar-refractivity contribution >= 4 is 17.5 Å². The van der Waals surface area contributed by atoms with Gasteiger partial charge in [-0.1, -0.05) is 6.92 Å². The molecule has 0 aliphatic heterocycles. The van der Waals surface area contributed by atoms with Gasteiger partial charge in [0, 0.05) is 44.0 Å². The minimum atomic E-state index is -0.118. The van der Waals surface area contributed by atoms with Gasteiger partial charge < -0.3 is 15.0 Å². The van der Waals surface area contributed by atoms with E-state index >= 15 is 0 Å². The molecule has 1 N–H and O–H groups in total. The average Bonchev–Trinajstić information content (AvgIpc) is 3.08. The van der Waals surface area contributed by atoms with E-state index in [4.69, 9.17) is 4.74 Å². The zero-order valence-electron chi connectivity index (χ0n) is 14.9. The van der Waals surface area contributed by atoms with Crippen LogP contribution in [0.4, 0.5) is 5.69 Å². The second kappa shape index (κ2) is 8.86. The summed E-state index contributed by atoms with van der Waals surface area (Å²) in [5.74, 6) is 0.416. The molecule has 0 atom stereocenters. The first kappa shape index (κ1) is 18.5. The summed E-state index contributed by atoms with van der Waals surface area (Å²) in [6, 6.07) is 6.94. The highest BCUT2D eigenvalue weighted by Gasteiger charge is 2.11. The van der Waals surface area contributed by atoms with E-state index in [2.05, 4.69) is 10.4 Å². The van der Waals surface area contributed by atoms with Gasteiger partial charge in [-0.3, -0.25) is 14.3 Å². The van der Waals surface area contributed by atoms with Gasteiger partial charge in [-0.2, -0.15) is 5.10 Å².